The summed E-state index contributed by atoms with van der Waals surface area (Å²) in [7, 11) is 0. The molecule has 0 amide bonds. The van der Waals surface area contributed by atoms with Crippen LogP contribution in [0.2, 0.25) is 0 Å². The number of carboxylic acids is 1. The maximum atomic E-state index is 11.5. The summed E-state index contributed by atoms with van der Waals surface area (Å²) in [4.78, 5) is 21.6. The smallest absolute Gasteiger partial charge is 0.310 e. The molecule has 0 aromatic heterocycles. The number of benzene rings is 1. The van der Waals surface area contributed by atoms with Crippen LogP contribution in [-0.2, 0) is 20.7 Å². The molecular weight excluding hydrogens is 352 g/mol. The number of hydrogen-bond donors (Lipinski definition) is 1. The van der Waals surface area contributed by atoms with Gasteiger partial charge in [-0.15, -0.1) is 0 Å². The highest BCUT2D eigenvalue weighted by atomic mass is 16.5. The van der Waals surface area contributed by atoms with E-state index in [4.69, 9.17) is 9.84 Å². The van der Waals surface area contributed by atoms with Crippen molar-refractivity contribution in [3.8, 4) is 0 Å². The Bertz CT molecular complexity index is 485. The lowest BCUT2D eigenvalue weighted by atomic mass is 10.1. The Morgan fingerprint density at radius 2 is 1.32 bits per heavy atom. The second-order valence-corrected chi connectivity index (χ2v) is 7.21. The molecule has 4 nitrogen and oxygen atoms in total. The van der Waals surface area contributed by atoms with Crippen LogP contribution in [0, 0.1) is 0 Å². The zero-order valence-electron chi connectivity index (χ0n) is 18.0. The van der Waals surface area contributed by atoms with Gasteiger partial charge in [-0.1, -0.05) is 102 Å². The first-order valence-electron chi connectivity index (χ1n) is 11.0. The van der Waals surface area contributed by atoms with Gasteiger partial charge in [0.2, 0.25) is 0 Å². The van der Waals surface area contributed by atoms with E-state index in [2.05, 4.69) is 13.8 Å². The maximum Gasteiger partial charge on any atom is 0.310 e. The predicted octanol–water partition coefficient (Wildman–Crippen LogP) is 6.56. The van der Waals surface area contributed by atoms with E-state index in [9.17, 15) is 9.59 Å². The molecule has 1 aromatic carbocycles. The number of unbranched alkanes of at least 4 members (excludes halogenated alkanes) is 9. The highest BCUT2D eigenvalue weighted by molar-refractivity contribution is 5.72. The highest BCUT2D eigenvalue weighted by Crippen LogP contribution is 2.06. The number of carbonyl (C=O) groups excluding carboxylic acids is 1. The first-order valence-corrected chi connectivity index (χ1v) is 11.0. The summed E-state index contributed by atoms with van der Waals surface area (Å²) < 4.78 is 5.21. The zero-order valence-corrected chi connectivity index (χ0v) is 18.0. The van der Waals surface area contributed by atoms with E-state index in [0.29, 0.717) is 19.4 Å². The minimum Gasteiger partial charge on any atom is -0.481 e. The molecule has 4 heteroatoms. The van der Waals surface area contributed by atoms with Gasteiger partial charge < -0.3 is 9.84 Å². The maximum absolute atomic E-state index is 11.5. The predicted molar refractivity (Wildman–Crippen MR) is 115 cm³/mol. The van der Waals surface area contributed by atoms with Gasteiger partial charge in [-0.2, -0.15) is 0 Å². The number of ether oxygens (including phenoxy) is 1. The van der Waals surface area contributed by atoms with Crippen LogP contribution in [0.3, 0.4) is 0 Å². The van der Waals surface area contributed by atoms with Gasteiger partial charge in [-0.3, -0.25) is 9.59 Å². The molecule has 0 unspecified atom stereocenters. The number of aliphatic carboxylic acids is 1. The molecule has 0 aliphatic heterocycles. The standard InChI is InChI=1S/C16H24O2.C8H16O2/c1-2-3-4-5-6-10-13-18-16(17)14-15-11-8-7-9-12-15;1-2-3-4-5-6-7-8(9)10/h7-9,11-12H,2-6,10,13-14H2,1H3;2-7H2,1H3,(H,9,10). The molecule has 0 bridgehead atoms. The van der Waals surface area contributed by atoms with Crippen LogP contribution in [0.15, 0.2) is 30.3 Å². The minimum atomic E-state index is -0.670. The fourth-order valence-corrected chi connectivity index (χ4v) is 2.76. The van der Waals surface area contributed by atoms with E-state index in [1.54, 1.807) is 0 Å². The normalized spacial score (nSPS) is 10.1. The summed E-state index contributed by atoms with van der Waals surface area (Å²) in [5.41, 5.74) is 1.02. The van der Waals surface area contributed by atoms with Gasteiger partial charge in [0.05, 0.1) is 13.0 Å². The van der Waals surface area contributed by atoms with Crippen LogP contribution in [0.5, 0.6) is 0 Å². The third-order valence-corrected chi connectivity index (χ3v) is 4.45. The monoisotopic (exact) mass is 392 g/mol. The molecule has 0 radical (unpaired) electrons. The molecule has 0 spiro atoms. The highest BCUT2D eigenvalue weighted by Gasteiger charge is 2.03. The van der Waals surface area contributed by atoms with Crippen molar-refractivity contribution < 1.29 is 19.4 Å². The van der Waals surface area contributed by atoms with Gasteiger partial charge in [0, 0.05) is 6.42 Å². The molecule has 1 aromatic rings. The van der Waals surface area contributed by atoms with Gasteiger partial charge in [0.1, 0.15) is 0 Å². The molecule has 0 atom stereocenters. The lowest BCUT2D eigenvalue weighted by Gasteiger charge is -2.05. The van der Waals surface area contributed by atoms with Crippen molar-refractivity contribution in [2.24, 2.45) is 0 Å². The molecule has 28 heavy (non-hydrogen) atoms. The van der Waals surface area contributed by atoms with Crippen molar-refractivity contribution in [3.05, 3.63) is 35.9 Å². The van der Waals surface area contributed by atoms with Crippen LogP contribution < -0.4 is 0 Å². The van der Waals surface area contributed by atoms with Crippen molar-refractivity contribution in [2.75, 3.05) is 6.61 Å². The Labute approximate surface area is 171 Å². The van der Waals surface area contributed by atoms with E-state index in [-0.39, 0.29) is 5.97 Å². The third kappa shape index (κ3) is 18.9. The van der Waals surface area contributed by atoms with Crippen LogP contribution in [-0.4, -0.2) is 23.7 Å². The quantitative estimate of drug-likeness (QED) is 0.271. The summed E-state index contributed by atoms with van der Waals surface area (Å²) in [5, 5.41) is 8.27. The van der Waals surface area contributed by atoms with Crippen LogP contribution in [0.1, 0.15) is 96.5 Å². The fourth-order valence-electron chi connectivity index (χ4n) is 2.76. The summed E-state index contributed by atoms with van der Waals surface area (Å²) in [5.74, 6) is -0.786. The van der Waals surface area contributed by atoms with Crippen molar-refractivity contribution in [1.82, 2.24) is 0 Å². The van der Waals surface area contributed by atoms with E-state index in [0.717, 1.165) is 24.8 Å². The van der Waals surface area contributed by atoms with Crippen molar-refractivity contribution in [1.29, 1.82) is 0 Å². The Kier molecular flexibility index (Phi) is 18.6. The van der Waals surface area contributed by atoms with E-state index in [1.165, 1.54) is 51.4 Å². The number of hydrogen-bond acceptors (Lipinski definition) is 3. The summed E-state index contributed by atoms with van der Waals surface area (Å²) in [6.45, 7) is 4.93. The molecule has 0 aliphatic carbocycles. The Morgan fingerprint density at radius 1 is 0.786 bits per heavy atom. The van der Waals surface area contributed by atoms with E-state index in [1.807, 2.05) is 30.3 Å². The summed E-state index contributed by atoms with van der Waals surface area (Å²) >= 11 is 0. The average molecular weight is 393 g/mol. The second kappa shape index (κ2) is 19.9. The fraction of sp³-hybridized carbons (Fsp3) is 0.667. The van der Waals surface area contributed by atoms with Crippen molar-refractivity contribution in [2.45, 2.75) is 97.3 Å². The van der Waals surface area contributed by atoms with Gasteiger partial charge in [0.25, 0.3) is 0 Å². The van der Waals surface area contributed by atoms with Gasteiger partial charge in [0.15, 0.2) is 0 Å². The van der Waals surface area contributed by atoms with Crippen molar-refractivity contribution >= 4 is 11.9 Å². The zero-order chi connectivity index (χ0) is 20.9. The van der Waals surface area contributed by atoms with Gasteiger partial charge in [-0.25, -0.2) is 0 Å². The molecule has 0 saturated carbocycles. The number of rotatable bonds is 15. The molecule has 1 rings (SSSR count). The molecule has 0 aliphatic rings. The van der Waals surface area contributed by atoms with Gasteiger partial charge >= 0.3 is 11.9 Å². The first kappa shape index (κ1) is 26.2. The molecule has 1 N–H and O–H groups in total. The first-order chi connectivity index (χ1) is 13.6. The summed E-state index contributed by atoms with van der Waals surface area (Å²) in [6.07, 6.45) is 13.6. The van der Waals surface area contributed by atoms with E-state index < -0.39 is 5.97 Å². The van der Waals surface area contributed by atoms with E-state index >= 15 is 0 Å². The van der Waals surface area contributed by atoms with Crippen LogP contribution >= 0.6 is 0 Å². The molecule has 160 valence electrons. The lowest BCUT2D eigenvalue weighted by Crippen LogP contribution is -2.08. The Morgan fingerprint density at radius 3 is 1.89 bits per heavy atom. The molecular formula is C24H40O4. The van der Waals surface area contributed by atoms with Gasteiger partial charge in [-0.05, 0) is 18.4 Å². The minimum absolute atomic E-state index is 0.116. The molecule has 0 fully saturated rings. The second-order valence-electron chi connectivity index (χ2n) is 7.21. The molecule has 0 saturated heterocycles. The van der Waals surface area contributed by atoms with Crippen LogP contribution in [0.25, 0.3) is 0 Å². The number of carbonyl (C=O) groups is 2. The SMILES string of the molecule is CCCCCCCC(=O)O.CCCCCCCCOC(=O)Cc1ccccc1. The topological polar surface area (TPSA) is 63.6 Å². The van der Waals surface area contributed by atoms with Crippen molar-refractivity contribution in [3.63, 3.8) is 0 Å². The summed E-state index contributed by atoms with van der Waals surface area (Å²) in [6, 6.07) is 9.73. The number of esters is 1. The Balaban J connectivity index is 0.000000621. The Hall–Kier alpha value is -1.84. The lowest BCUT2D eigenvalue weighted by molar-refractivity contribution is -0.143. The average Bonchev–Trinajstić information content (AvgIpc) is 2.68. The number of carboxylic acid groups (broad SMARTS) is 1. The third-order valence-electron chi connectivity index (χ3n) is 4.45. The van der Waals surface area contributed by atoms with Crippen LogP contribution in [0.4, 0.5) is 0 Å². The largest absolute Gasteiger partial charge is 0.481 e. The molecule has 0 heterocycles.